The molecule has 1 heterocycles. The van der Waals surface area contributed by atoms with E-state index in [1.165, 1.54) is 17.7 Å². The van der Waals surface area contributed by atoms with Gasteiger partial charge in [-0.25, -0.2) is 9.07 Å². The molecule has 0 radical (unpaired) electrons. The normalized spacial score (nSPS) is 10.9. The first-order chi connectivity index (χ1) is 10.7. The number of aryl methyl sites for hydroxylation is 1. The molecule has 0 aliphatic rings. The van der Waals surface area contributed by atoms with Crippen molar-refractivity contribution in [3.05, 3.63) is 71.7 Å². The SMILES string of the molecule is CCc1ccc(-n2cc(CN)c(-c3ccc(F)cc3)n2)cc1. The molecule has 0 bridgehead atoms. The standard InChI is InChI=1S/C18H18FN3/c1-2-13-3-9-17(10-4-13)22-12-15(11-20)18(21-22)14-5-7-16(19)8-6-14/h3-10,12H,2,11,20H2,1H3. The highest BCUT2D eigenvalue weighted by Gasteiger charge is 2.11. The molecule has 1 aromatic heterocycles. The molecule has 0 fully saturated rings. The summed E-state index contributed by atoms with van der Waals surface area (Å²) in [5.41, 5.74) is 10.7. The van der Waals surface area contributed by atoms with Crippen molar-refractivity contribution in [1.29, 1.82) is 0 Å². The van der Waals surface area contributed by atoms with Crippen LogP contribution in [-0.2, 0) is 13.0 Å². The zero-order valence-corrected chi connectivity index (χ0v) is 12.5. The van der Waals surface area contributed by atoms with E-state index < -0.39 is 0 Å². The third kappa shape index (κ3) is 2.78. The van der Waals surface area contributed by atoms with E-state index in [2.05, 4.69) is 24.2 Å². The highest BCUT2D eigenvalue weighted by Crippen LogP contribution is 2.24. The molecule has 2 N–H and O–H groups in total. The Balaban J connectivity index is 2.01. The lowest BCUT2D eigenvalue weighted by Crippen LogP contribution is -1.96. The monoisotopic (exact) mass is 295 g/mol. The Labute approximate surface area is 129 Å². The molecular formula is C18H18FN3. The summed E-state index contributed by atoms with van der Waals surface area (Å²) in [5.74, 6) is -0.257. The van der Waals surface area contributed by atoms with Crippen LogP contribution >= 0.6 is 0 Å². The number of hydrogen-bond acceptors (Lipinski definition) is 2. The molecule has 3 nitrogen and oxygen atoms in total. The lowest BCUT2D eigenvalue weighted by atomic mass is 10.1. The first-order valence-corrected chi connectivity index (χ1v) is 7.35. The summed E-state index contributed by atoms with van der Waals surface area (Å²) in [6, 6.07) is 14.6. The molecule has 0 aliphatic heterocycles. The van der Waals surface area contributed by atoms with Crippen molar-refractivity contribution >= 4 is 0 Å². The van der Waals surface area contributed by atoms with Gasteiger partial charge in [0, 0.05) is 23.9 Å². The van der Waals surface area contributed by atoms with Crippen molar-refractivity contribution in [2.24, 2.45) is 5.73 Å². The minimum Gasteiger partial charge on any atom is -0.326 e. The minimum absolute atomic E-state index is 0.257. The van der Waals surface area contributed by atoms with E-state index in [0.717, 1.165) is 28.9 Å². The van der Waals surface area contributed by atoms with E-state index in [4.69, 9.17) is 5.73 Å². The summed E-state index contributed by atoms with van der Waals surface area (Å²) >= 11 is 0. The first-order valence-electron chi connectivity index (χ1n) is 7.35. The van der Waals surface area contributed by atoms with Gasteiger partial charge in [0.15, 0.2) is 0 Å². The largest absolute Gasteiger partial charge is 0.326 e. The molecule has 22 heavy (non-hydrogen) atoms. The van der Waals surface area contributed by atoms with Gasteiger partial charge in [0.25, 0.3) is 0 Å². The smallest absolute Gasteiger partial charge is 0.123 e. The van der Waals surface area contributed by atoms with Crippen LogP contribution in [0.2, 0.25) is 0 Å². The van der Waals surface area contributed by atoms with E-state index in [1.807, 2.05) is 23.0 Å². The van der Waals surface area contributed by atoms with Gasteiger partial charge in [-0.3, -0.25) is 0 Å². The van der Waals surface area contributed by atoms with Crippen LogP contribution in [-0.4, -0.2) is 9.78 Å². The molecule has 3 aromatic rings. The number of nitrogens with zero attached hydrogens (tertiary/aromatic N) is 2. The number of halogens is 1. The van der Waals surface area contributed by atoms with Gasteiger partial charge >= 0.3 is 0 Å². The lowest BCUT2D eigenvalue weighted by molar-refractivity contribution is 0.628. The second-order valence-corrected chi connectivity index (χ2v) is 5.18. The number of benzene rings is 2. The topological polar surface area (TPSA) is 43.8 Å². The summed E-state index contributed by atoms with van der Waals surface area (Å²) < 4.78 is 14.9. The van der Waals surface area contributed by atoms with Crippen LogP contribution in [0.3, 0.4) is 0 Å². The van der Waals surface area contributed by atoms with Gasteiger partial charge in [0.1, 0.15) is 5.82 Å². The maximum atomic E-state index is 13.1. The predicted molar refractivity (Wildman–Crippen MR) is 86.2 cm³/mol. The number of hydrogen-bond donors (Lipinski definition) is 1. The molecule has 0 aliphatic carbocycles. The number of nitrogens with two attached hydrogens (primary N) is 1. The van der Waals surface area contributed by atoms with Crippen LogP contribution in [0, 0.1) is 5.82 Å². The molecule has 112 valence electrons. The van der Waals surface area contributed by atoms with E-state index in [9.17, 15) is 4.39 Å². The van der Waals surface area contributed by atoms with Crippen molar-refractivity contribution in [1.82, 2.24) is 9.78 Å². The molecule has 0 saturated carbocycles. The number of rotatable bonds is 4. The maximum absolute atomic E-state index is 13.1. The van der Waals surface area contributed by atoms with Crippen LogP contribution in [0.4, 0.5) is 4.39 Å². The van der Waals surface area contributed by atoms with Gasteiger partial charge in [-0.15, -0.1) is 0 Å². The van der Waals surface area contributed by atoms with Crippen molar-refractivity contribution < 1.29 is 4.39 Å². The summed E-state index contributed by atoms with van der Waals surface area (Å²) in [6.45, 7) is 2.52. The fourth-order valence-corrected chi connectivity index (χ4v) is 2.43. The molecule has 0 saturated heterocycles. The van der Waals surface area contributed by atoms with Gasteiger partial charge in [-0.1, -0.05) is 19.1 Å². The van der Waals surface area contributed by atoms with Crippen LogP contribution in [0.1, 0.15) is 18.1 Å². The average Bonchev–Trinajstić information content (AvgIpc) is 3.00. The van der Waals surface area contributed by atoms with Crippen molar-refractivity contribution in [3.63, 3.8) is 0 Å². The Morgan fingerprint density at radius 2 is 1.73 bits per heavy atom. The average molecular weight is 295 g/mol. The van der Waals surface area contributed by atoms with Crippen LogP contribution in [0.15, 0.2) is 54.7 Å². The maximum Gasteiger partial charge on any atom is 0.123 e. The van der Waals surface area contributed by atoms with Crippen LogP contribution < -0.4 is 5.73 Å². The van der Waals surface area contributed by atoms with Gasteiger partial charge in [0.05, 0.1) is 11.4 Å². The van der Waals surface area contributed by atoms with E-state index in [0.29, 0.717) is 6.54 Å². The second-order valence-electron chi connectivity index (χ2n) is 5.18. The second kappa shape index (κ2) is 6.12. The third-order valence-electron chi connectivity index (χ3n) is 3.74. The molecule has 2 aromatic carbocycles. The van der Waals surface area contributed by atoms with Crippen molar-refractivity contribution in [2.75, 3.05) is 0 Å². The Morgan fingerprint density at radius 1 is 1.05 bits per heavy atom. The summed E-state index contributed by atoms with van der Waals surface area (Å²) in [4.78, 5) is 0. The first kappa shape index (κ1) is 14.5. The predicted octanol–water partition coefficient (Wildman–Crippen LogP) is 3.70. The van der Waals surface area contributed by atoms with Gasteiger partial charge in [0.2, 0.25) is 0 Å². The lowest BCUT2D eigenvalue weighted by Gasteiger charge is -2.03. The van der Waals surface area contributed by atoms with E-state index in [1.54, 1.807) is 12.1 Å². The Kier molecular flexibility index (Phi) is 4.02. The zero-order chi connectivity index (χ0) is 15.5. The third-order valence-corrected chi connectivity index (χ3v) is 3.74. The molecule has 4 heteroatoms. The summed E-state index contributed by atoms with van der Waals surface area (Å²) in [7, 11) is 0. The summed E-state index contributed by atoms with van der Waals surface area (Å²) in [6.07, 6.45) is 2.94. The van der Waals surface area contributed by atoms with Crippen molar-refractivity contribution in [3.8, 4) is 16.9 Å². The van der Waals surface area contributed by atoms with Crippen LogP contribution in [0.25, 0.3) is 16.9 Å². The highest BCUT2D eigenvalue weighted by molar-refractivity contribution is 5.63. The van der Waals surface area contributed by atoms with Gasteiger partial charge in [-0.2, -0.15) is 5.10 Å². The molecule has 0 amide bonds. The highest BCUT2D eigenvalue weighted by atomic mass is 19.1. The van der Waals surface area contributed by atoms with Gasteiger partial charge in [-0.05, 0) is 48.4 Å². The fourth-order valence-electron chi connectivity index (χ4n) is 2.43. The zero-order valence-electron chi connectivity index (χ0n) is 12.5. The molecule has 0 unspecified atom stereocenters. The molecule has 0 atom stereocenters. The molecular weight excluding hydrogens is 277 g/mol. The minimum atomic E-state index is -0.257. The Bertz CT molecular complexity index is 758. The quantitative estimate of drug-likeness (QED) is 0.797. The van der Waals surface area contributed by atoms with Crippen LogP contribution in [0.5, 0.6) is 0 Å². The molecule has 3 rings (SSSR count). The van der Waals surface area contributed by atoms with E-state index in [-0.39, 0.29) is 5.82 Å². The Morgan fingerprint density at radius 3 is 2.32 bits per heavy atom. The fraction of sp³-hybridized carbons (Fsp3) is 0.167. The number of aromatic nitrogens is 2. The molecule has 0 spiro atoms. The van der Waals surface area contributed by atoms with Crippen molar-refractivity contribution in [2.45, 2.75) is 19.9 Å². The van der Waals surface area contributed by atoms with Gasteiger partial charge < -0.3 is 5.73 Å². The van der Waals surface area contributed by atoms with E-state index >= 15 is 0 Å². The Hall–Kier alpha value is -2.46. The summed E-state index contributed by atoms with van der Waals surface area (Å²) in [5, 5.41) is 4.62.